The van der Waals surface area contributed by atoms with E-state index in [0.717, 1.165) is 31.1 Å². The third kappa shape index (κ3) is 5.35. The molecule has 0 aliphatic carbocycles. The number of furan rings is 1. The van der Waals surface area contributed by atoms with E-state index in [1.807, 2.05) is 29.2 Å². The van der Waals surface area contributed by atoms with E-state index in [9.17, 15) is 4.79 Å². The van der Waals surface area contributed by atoms with E-state index in [0.29, 0.717) is 18.8 Å². The Morgan fingerprint density at radius 1 is 1.06 bits per heavy atom. The first-order valence-corrected chi connectivity index (χ1v) is 10.7. The summed E-state index contributed by atoms with van der Waals surface area (Å²) in [5.74, 6) is 1.70. The molecule has 31 heavy (non-hydrogen) atoms. The van der Waals surface area contributed by atoms with Crippen LogP contribution in [0.25, 0.3) is 0 Å². The average molecular weight is 423 g/mol. The quantitative estimate of drug-likeness (QED) is 0.605. The Morgan fingerprint density at radius 2 is 1.81 bits per heavy atom. The molecule has 0 atom stereocenters. The lowest BCUT2D eigenvalue weighted by molar-refractivity contribution is 0.0612. The van der Waals surface area contributed by atoms with Crippen molar-refractivity contribution in [1.29, 1.82) is 0 Å². The fourth-order valence-electron chi connectivity index (χ4n) is 3.63. The van der Waals surface area contributed by atoms with E-state index in [1.54, 1.807) is 23.2 Å². The van der Waals surface area contributed by atoms with Crippen molar-refractivity contribution in [2.45, 2.75) is 39.5 Å². The molecule has 1 aromatic carbocycles. The molecule has 0 saturated carbocycles. The van der Waals surface area contributed by atoms with Gasteiger partial charge in [0.25, 0.3) is 5.91 Å². The number of amides is 1. The van der Waals surface area contributed by atoms with Gasteiger partial charge in [-0.15, -0.1) is 0 Å². The van der Waals surface area contributed by atoms with Crippen LogP contribution >= 0.6 is 0 Å². The number of piperazine rings is 1. The zero-order chi connectivity index (χ0) is 21.8. The van der Waals surface area contributed by atoms with Gasteiger partial charge >= 0.3 is 0 Å². The Labute approximate surface area is 183 Å². The van der Waals surface area contributed by atoms with Crippen molar-refractivity contribution >= 4 is 5.91 Å². The maximum atomic E-state index is 12.8. The number of hydrogen-bond donors (Lipinski definition) is 0. The molecule has 0 bridgehead atoms. The molecule has 1 amide bonds. The van der Waals surface area contributed by atoms with E-state index in [-0.39, 0.29) is 18.1 Å². The third-order valence-corrected chi connectivity index (χ3v) is 5.56. The van der Waals surface area contributed by atoms with Gasteiger partial charge in [-0.25, -0.2) is 4.68 Å². The molecule has 1 aliphatic rings. The molecule has 2 aromatic heterocycles. The summed E-state index contributed by atoms with van der Waals surface area (Å²) in [5.41, 5.74) is 1.82. The largest absolute Gasteiger partial charge is 0.471 e. The van der Waals surface area contributed by atoms with Crippen molar-refractivity contribution in [1.82, 2.24) is 19.6 Å². The SMILES string of the molecule is CC(C)(C)c1ccc(OCn2ccc(C(=O)N3CCN(Cc4ccco4)CC3)n2)cc1. The van der Waals surface area contributed by atoms with Gasteiger partial charge < -0.3 is 14.1 Å². The molecule has 164 valence electrons. The number of carbonyl (C=O) groups is 1. The van der Waals surface area contributed by atoms with Gasteiger partial charge in [-0.1, -0.05) is 32.9 Å². The standard InChI is InChI=1S/C24H30N4O3/c1-24(2,3)19-6-8-20(9-7-19)31-18-28-11-10-22(25-28)23(29)27-14-12-26(13-15-27)17-21-5-4-16-30-21/h4-11,16H,12-15,17-18H2,1-3H3. The summed E-state index contributed by atoms with van der Waals surface area (Å²) in [6.45, 7) is 10.6. The molecule has 7 heteroatoms. The van der Waals surface area contributed by atoms with E-state index in [2.05, 4.69) is 42.9 Å². The second kappa shape index (κ2) is 8.98. The zero-order valence-electron chi connectivity index (χ0n) is 18.5. The topological polar surface area (TPSA) is 63.7 Å². The summed E-state index contributed by atoms with van der Waals surface area (Å²) in [6.07, 6.45) is 3.47. The molecule has 0 radical (unpaired) electrons. The minimum Gasteiger partial charge on any atom is -0.471 e. The summed E-state index contributed by atoms with van der Waals surface area (Å²) in [4.78, 5) is 17.0. The molecule has 7 nitrogen and oxygen atoms in total. The summed E-state index contributed by atoms with van der Waals surface area (Å²) >= 11 is 0. The molecule has 0 spiro atoms. The molecule has 0 N–H and O–H groups in total. The highest BCUT2D eigenvalue weighted by Gasteiger charge is 2.24. The van der Waals surface area contributed by atoms with Gasteiger partial charge in [-0.3, -0.25) is 9.69 Å². The second-order valence-corrected chi connectivity index (χ2v) is 8.94. The zero-order valence-corrected chi connectivity index (χ0v) is 18.5. The van der Waals surface area contributed by atoms with E-state index in [1.165, 1.54) is 5.56 Å². The van der Waals surface area contributed by atoms with Gasteiger partial charge in [0.05, 0.1) is 12.8 Å². The summed E-state index contributed by atoms with van der Waals surface area (Å²) in [6, 6.07) is 13.7. The van der Waals surface area contributed by atoms with Crippen molar-refractivity contribution in [3.05, 3.63) is 71.9 Å². The van der Waals surface area contributed by atoms with Crippen LogP contribution in [0.4, 0.5) is 0 Å². The normalized spacial score (nSPS) is 15.3. The number of ether oxygens (including phenoxy) is 1. The Kier molecular flexibility index (Phi) is 6.13. The van der Waals surface area contributed by atoms with Crippen LogP contribution in [0.15, 0.2) is 59.3 Å². The molecule has 4 rings (SSSR count). The lowest BCUT2D eigenvalue weighted by Crippen LogP contribution is -2.48. The maximum Gasteiger partial charge on any atom is 0.274 e. The molecule has 1 fully saturated rings. The van der Waals surface area contributed by atoms with Gasteiger partial charge in [0.2, 0.25) is 0 Å². The molecule has 0 unspecified atom stereocenters. The first kappa shape index (κ1) is 21.2. The highest BCUT2D eigenvalue weighted by Crippen LogP contribution is 2.24. The van der Waals surface area contributed by atoms with Crippen LogP contribution in [-0.2, 0) is 18.7 Å². The molecular weight excluding hydrogens is 392 g/mol. The highest BCUT2D eigenvalue weighted by molar-refractivity contribution is 5.92. The average Bonchev–Trinajstić information content (AvgIpc) is 3.44. The van der Waals surface area contributed by atoms with Gasteiger partial charge in [-0.05, 0) is 41.3 Å². The van der Waals surface area contributed by atoms with Crippen LogP contribution in [-0.4, -0.2) is 51.7 Å². The van der Waals surface area contributed by atoms with E-state index >= 15 is 0 Å². The molecule has 3 aromatic rings. The number of rotatable bonds is 6. The predicted octanol–water partition coefficient (Wildman–Crippen LogP) is 3.77. The van der Waals surface area contributed by atoms with Crippen LogP contribution in [0.5, 0.6) is 5.75 Å². The monoisotopic (exact) mass is 422 g/mol. The first-order chi connectivity index (χ1) is 14.9. The van der Waals surface area contributed by atoms with Gasteiger partial charge in [0.15, 0.2) is 12.4 Å². The fourth-order valence-corrected chi connectivity index (χ4v) is 3.63. The van der Waals surface area contributed by atoms with Crippen LogP contribution in [0.2, 0.25) is 0 Å². The second-order valence-electron chi connectivity index (χ2n) is 8.94. The van der Waals surface area contributed by atoms with Gasteiger partial charge in [0, 0.05) is 32.4 Å². The van der Waals surface area contributed by atoms with Crippen molar-refractivity contribution < 1.29 is 13.9 Å². The summed E-state index contributed by atoms with van der Waals surface area (Å²) in [5, 5.41) is 4.41. The molecular formula is C24H30N4O3. The molecule has 1 saturated heterocycles. The molecule has 1 aliphatic heterocycles. The van der Waals surface area contributed by atoms with E-state index < -0.39 is 0 Å². The predicted molar refractivity (Wildman–Crippen MR) is 118 cm³/mol. The number of nitrogens with zero attached hydrogens (tertiary/aromatic N) is 4. The van der Waals surface area contributed by atoms with Crippen LogP contribution < -0.4 is 4.74 Å². The van der Waals surface area contributed by atoms with Gasteiger partial charge in [-0.2, -0.15) is 5.10 Å². The number of hydrogen-bond acceptors (Lipinski definition) is 5. The smallest absolute Gasteiger partial charge is 0.274 e. The van der Waals surface area contributed by atoms with Crippen molar-refractivity contribution in [3.63, 3.8) is 0 Å². The van der Waals surface area contributed by atoms with Crippen LogP contribution in [0.3, 0.4) is 0 Å². The van der Waals surface area contributed by atoms with Crippen LogP contribution in [0, 0.1) is 0 Å². The Balaban J connectivity index is 1.27. The minimum atomic E-state index is -0.0362. The third-order valence-electron chi connectivity index (χ3n) is 5.56. The maximum absolute atomic E-state index is 12.8. The highest BCUT2D eigenvalue weighted by atomic mass is 16.5. The lowest BCUT2D eigenvalue weighted by atomic mass is 9.87. The van der Waals surface area contributed by atoms with Crippen LogP contribution in [0.1, 0.15) is 42.6 Å². The summed E-state index contributed by atoms with van der Waals surface area (Å²) < 4.78 is 12.9. The Morgan fingerprint density at radius 3 is 2.45 bits per heavy atom. The lowest BCUT2D eigenvalue weighted by Gasteiger charge is -2.33. The summed E-state index contributed by atoms with van der Waals surface area (Å²) in [7, 11) is 0. The first-order valence-electron chi connectivity index (χ1n) is 10.7. The Hall–Kier alpha value is -3.06. The minimum absolute atomic E-state index is 0.0362. The fraction of sp³-hybridized carbons (Fsp3) is 0.417. The number of benzene rings is 1. The molecule has 3 heterocycles. The number of aromatic nitrogens is 2. The van der Waals surface area contributed by atoms with Gasteiger partial charge in [0.1, 0.15) is 11.5 Å². The van der Waals surface area contributed by atoms with Crippen molar-refractivity contribution in [2.24, 2.45) is 0 Å². The Bertz CT molecular complexity index is 979. The van der Waals surface area contributed by atoms with Crippen molar-refractivity contribution in [3.8, 4) is 5.75 Å². The number of carbonyl (C=O) groups excluding carboxylic acids is 1. The van der Waals surface area contributed by atoms with Crippen molar-refractivity contribution in [2.75, 3.05) is 26.2 Å². The van der Waals surface area contributed by atoms with E-state index in [4.69, 9.17) is 9.15 Å².